The van der Waals surface area contributed by atoms with Crippen molar-refractivity contribution in [2.45, 2.75) is 117 Å². The third-order valence-electron chi connectivity index (χ3n) is 6.15. The standard InChI is InChI=1S/C28H44O4S6/c1-3-5-7-9-11-13-15-17-19-33-25-26(34-20-18-16-14-12-10-8-6-4-2)38-28(37-25)27-35-21(23(29)30)22(36-27)24(31)32/h3-20H2,1-2H3,(H,29,30)(H,31,32). The molecular weight excluding hydrogens is 593 g/mol. The molecule has 4 nitrogen and oxygen atoms in total. The van der Waals surface area contributed by atoms with Gasteiger partial charge in [-0.15, -0.1) is 23.5 Å². The van der Waals surface area contributed by atoms with Crippen LogP contribution in [0.3, 0.4) is 0 Å². The smallest absolute Gasteiger partial charge is 0.344 e. The Balaban J connectivity index is 1.86. The van der Waals surface area contributed by atoms with Crippen molar-refractivity contribution in [1.82, 2.24) is 0 Å². The summed E-state index contributed by atoms with van der Waals surface area (Å²) in [6, 6.07) is 0. The molecule has 2 N–H and O–H groups in total. The van der Waals surface area contributed by atoms with Crippen LogP contribution in [0.5, 0.6) is 0 Å². The van der Waals surface area contributed by atoms with Gasteiger partial charge in [0, 0.05) is 0 Å². The zero-order chi connectivity index (χ0) is 27.6. The van der Waals surface area contributed by atoms with Gasteiger partial charge >= 0.3 is 11.9 Å². The van der Waals surface area contributed by atoms with Crippen LogP contribution in [0.2, 0.25) is 0 Å². The monoisotopic (exact) mass is 636 g/mol. The Morgan fingerprint density at radius 1 is 0.526 bits per heavy atom. The molecule has 0 saturated carbocycles. The fraction of sp³-hybridized carbons (Fsp3) is 0.714. The van der Waals surface area contributed by atoms with Gasteiger partial charge in [0.2, 0.25) is 0 Å². The van der Waals surface area contributed by atoms with Crippen molar-refractivity contribution in [3.05, 3.63) is 26.8 Å². The summed E-state index contributed by atoms with van der Waals surface area (Å²) in [5.41, 5.74) is 0. The zero-order valence-electron chi connectivity index (χ0n) is 22.9. The molecule has 2 aliphatic heterocycles. The van der Waals surface area contributed by atoms with Gasteiger partial charge in [0.05, 0.1) is 16.9 Å². The number of unbranched alkanes of at least 4 members (excludes halogenated alkanes) is 14. The average Bonchev–Trinajstić information content (AvgIpc) is 3.52. The molecule has 38 heavy (non-hydrogen) atoms. The molecule has 0 bridgehead atoms. The second kappa shape index (κ2) is 21.0. The van der Waals surface area contributed by atoms with E-state index in [1.165, 1.54) is 111 Å². The van der Waals surface area contributed by atoms with Gasteiger partial charge in [-0.05, 0) is 24.3 Å². The van der Waals surface area contributed by atoms with Crippen LogP contribution in [0.1, 0.15) is 117 Å². The minimum atomic E-state index is -1.16. The van der Waals surface area contributed by atoms with Crippen molar-refractivity contribution in [2.75, 3.05) is 11.5 Å². The molecule has 0 saturated heterocycles. The third kappa shape index (κ3) is 13.3. The Morgan fingerprint density at radius 3 is 1.18 bits per heavy atom. The van der Waals surface area contributed by atoms with Crippen molar-refractivity contribution in [3.8, 4) is 0 Å². The van der Waals surface area contributed by atoms with Gasteiger partial charge in [0.15, 0.2) is 0 Å². The molecule has 2 aliphatic rings. The largest absolute Gasteiger partial charge is 0.477 e. The van der Waals surface area contributed by atoms with E-state index in [1.807, 2.05) is 23.5 Å². The highest BCUT2D eigenvalue weighted by Crippen LogP contribution is 2.63. The van der Waals surface area contributed by atoms with E-state index in [2.05, 4.69) is 13.8 Å². The van der Waals surface area contributed by atoms with Gasteiger partial charge < -0.3 is 10.2 Å². The molecular formula is C28H44O4S6. The molecule has 10 heteroatoms. The lowest BCUT2D eigenvalue weighted by atomic mass is 10.1. The summed E-state index contributed by atoms with van der Waals surface area (Å²) in [4.78, 5) is 23.1. The maximum absolute atomic E-state index is 11.6. The highest BCUT2D eigenvalue weighted by atomic mass is 32.3. The van der Waals surface area contributed by atoms with E-state index >= 15 is 0 Å². The topological polar surface area (TPSA) is 74.6 Å². The number of thioether (sulfide) groups is 6. The molecule has 0 aromatic rings. The quantitative estimate of drug-likeness (QED) is 0.112. The lowest BCUT2D eigenvalue weighted by Crippen LogP contribution is -2.03. The predicted molar refractivity (Wildman–Crippen MR) is 177 cm³/mol. The van der Waals surface area contributed by atoms with Gasteiger partial charge in [-0.1, -0.05) is 151 Å². The minimum Gasteiger partial charge on any atom is -0.477 e. The Bertz CT molecular complexity index is 788. The van der Waals surface area contributed by atoms with Crippen molar-refractivity contribution < 1.29 is 19.8 Å². The first-order chi connectivity index (χ1) is 18.5. The van der Waals surface area contributed by atoms with Crippen LogP contribution < -0.4 is 0 Å². The third-order valence-corrected chi connectivity index (χ3v) is 14.9. The molecule has 0 unspecified atom stereocenters. The lowest BCUT2D eigenvalue weighted by molar-refractivity contribution is -0.134. The van der Waals surface area contributed by atoms with Crippen LogP contribution in [0, 0.1) is 0 Å². The van der Waals surface area contributed by atoms with Crippen LogP contribution in [0.15, 0.2) is 26.8 Å². The van der Waals surface area contributed by atoms with Crippen molar-refractivity contribution in [1.29, 1.82) is 0 Å². The van der Waals surface area contributed by atoms with Gasteiger partial charge in [0.1, 0.15) is 9.81 Å². The molecule has 2 heterocycles. The van der Waals surface area contributed by atoms with Gasteiger partial charge in [-0.3, -0.25) is 0 Å². The number of carboxylic acids is 2. The fourth-order valence-electron chi connectivity index (χ4n) is 4.00. The summed E-state index contributed by atoms with van der Waals surface area (Å²) in [6.45, 7) is 4.51. The van der Waals surface area contributed by atoms with Crippen LogP contribution >= 0.6 is 70.6 Å². The molecule has 216 valence electrons. The SMILES string of the molecule is CCCCCCCCCCSC1=C(SCCCCCCCCCC)SC(=C2SC(C(=O)O)=C(C(=O)O)S2)S1. The molecule has 2 rings (SSSR count). The molecule has 0 atom stereocenters. The maximum atomic E-state index is 11.6. The van der Waals surface area contributed by atoms with Crippen LogP contribution in [0.4, 0.5) is 0 Å². The number of aliphatic carboxylic acids is 2. The number of hydrogen-bond donors (Lipinski definition) is 2. The van der Waals surface area contributed by atoms with Gasteiger partial charge in [-0.2, -0.15) is 0 Å². The Kier molecular flexibility index (Phi) is 19.1. The van der Waals surface area contributed by atoms with Gasteiger partial charge in [0.25, 0.3) is 0 Å². The zero-order valence-corrected chi connectivity index (χ0v) is 27.8. The second-order valence-corrected chi connectivity index (χ2v) is 16.8. The number of rotatable bonds is 22. The van der Waals surface area contributed by atoms with E-state index in [0.717, 1.165) is 43.5 Å². The van der Waals surface area contributed by atoms with E-state index in [1.54, 1.807) is 23.5 Å². The Labute approximate surface area is 255 Å². The fourth-order valence-corrected chi connectivity index (χ4v) is 12.6. The summed E-state index contributed by atoms with van der Waals surface area (Å²) in [5.74, 6) is -0.126. The molecule has 0 aliphatic carbocycles. The van der Waals surface area contributed by atoms with E-state index in [9.17, 15) is 19.8 Å². The maximum Gasteiger partial charge on any atom is 0.344 e. The van der Waals surface area contributed by atoms with Crippen molar-refractivity contribution >= 4 is 82.5 Å². The van der Waals surface area contributed by atoms with Crippen molar-refractivity contribution in [2.24, 2.45) is 0 Å². The van der Waals surface area contributed by atoms with E-state index in [4.69, 9.17) is 0 Å². The van der Waals surface area contributed by atoms with E-state index < -0.39 is 11.9 Å². The summed E-state index contributed by atoms with van der Waals surface area (Å²) in [7, 11) is 0. The first kappa shape index (κ1) is 34.5. The molecule has 0 aromatic heterocycles. The molecule has 0 spiro atoms. The Morgan fingerprint density at radius 2 is 0.842 bits per heavy atom. The highest BCUT2D eigenvalue weighted by Gasteiger charge is 2.35. The van der Waals surface area contributed by atoms with E-state index in [-0.39, 0.29) is 9.81 Å². The first-order valence-electron chi connectivity index (χ1n) is 14.1. The molecule has 0 amide bonds. The summed E-state index contributed by atoms with van der Waals surface area (Å²) >= 11 is 9.46. The molecule has 0 radical (unpaired) electrons. The van der Waals surface area contributed by atoms with E-state index in [0.29, 0.717) is 0 Å². The summed E-state index contributed by atoms with van der Waals surface area (Å²) in [5, 5.41) is 19.0. The second-order valence-electron chi connectivity index (χ2n) is 9.47. The number of carboxylic acid groups (broad SMARTS) is 2. The summed E-state index contributed by atoms with van der Waals surface area (Å²) < 4.78 is 4.45. The van der Waals surface area contributed by atoms with Crippen LogP contribution in [-0.2, 0) is 9.59 Å². The average molecular weight is 637 g/mol. The predicted octanol–water partition coefficient (Wildman–Crippen LogP) is 11.3. The summed E-state index contributed by atoms with van der Waals surface area (Å²) in [6.07, 6.45) is 21.0. The number of carbonyl (C=O) groups is 2. The Hall–Kier alpha value is 0.260. The van der Waals surface area contributed by atoms with Gasteiger partial charge in [-0.25, -0.2) is 9.59 Å². The molecule has 0 aromatic carbocycles. The number of hydrogen-bond acceptors (Lipinski definition) is 8. The van der Waals surface area contributed by atoms with Crippen LogP contribution in [-0.4, -0.2) is 33.7 Å². The minimum absolute atomic E-state index is 0.0700. The lowest BCUT2D eigenvalue weighted by Gasteiger charge is -2.06. The molecule has 0 fully saturated rings. The highest BCUT2D eigenvalue weighted by molar-refractivity contribution is 8.42. The van der Waals surface area contributed by atoms with Crippen LogP contribution in [0.25, 0.3) is 0 Å². The van der Waals surface area contributed by atoms with Crippen molar-refractivity contribution in [3.63, 3.8) is 0 Å². The first-order valence-corrected chi connectivity index (χ1v) is 19.4. The normalized spacial score (nSPS) is 15.8.